The van der Waals surface area contributed by atoms with Gasteiger partial charge in [-0.25, -0.2) is 0 Å². The van der Waals surface area contributed by atoms with Gasteiger partial charge in [0.2, 0.25) is 4.93 Å². The molecule has 0 fully saturated rings. The first-order valence-electron chi connectivity index (χ1n) is 3.13. The third-order valence-corrected chi connectivity index (χ3v) is 2.70. The van der Waals surface area contributed by atoms with Crippen LogP contribution in [0, 0.1) is 0 Å². The van der Waals surface area contributed by atoms with Crippen LogP contribution >= 0.6 is 0 Å². The van der Waals surface area contributed by atoms with Crippen molar-refractivity contribution in [1.82, 2.24) is 0 Å². The number of hydrogen-bond acceptors (Lipinski definition) is 4. The molecule has 0 heterocycles. The predicted octanol–water partition coefficient (Wildman–Crippen LogP) is -3.49. The second-order valence-corrected chi connectivity index (χ2v) is 4.15. The summed E-state index contributed by atoms with van der Waals surface area (Å²) >= 11 is 0. The van der Waals surface area contributed by atoms with E-state index in [0.717, 1.165) is 0 Å². The average Bonchev–Trinajstić information content (AvgIpc) is 1.83. The van der Waals surface area contributed by atoms with Crippen LogP contribution in [0.3, 0.4) is 0 Å². The summed E-state index contributed by atoms with van der Waals surface area (Å²) < 4.78 is 29.7. The van der Waals surface area contributed by atoms with E-state index >= 15 is 0 Å². The molecule has 1 atom stereocenters. The maximum atomic E-state index is 10.6. The Morgan fingerprint density at radius 1 is 1.24 bits per heavy atom. The molecule has 0 aromatic carbocycles. The van der Waals surface area contributed by atoms with Crippen LogP contribution in [0.4, 0.5) is 0 Å². The molecule has 11 N–H and O–H groups in total. The van der Waals surface area contributed by atoms with Crippen LogP contribution in [0.25, 0.3) is 0 Å². The molecule has 1 aliphatic carbocycles. The molecule has 0 saturated heterocycles. The van der Waals surface area contributed by atoms with Crippen LogP contribution in [-0.4, -0.2) is 73.1 Å². The molecule has 1 unspecified atom stereocenters. The third-order valence-electron chi connectivity index (χ3n) is 1.52. The number of aliphatic hydroxyl groups excluding tert-OH is 1. The first-order chi connectivity index (χ1) is 5.35. The van der Waals surface area contributed by atoms with Crippen LogP contribution in [0.1, 0.15) is 9.27 Å². The number of aliphatic hydroxyl groups is 2. The first kappa shape index (κ1) is 30.1. The van der Waals surface area contributed by atoms with E-state index in [1.165, 1.54) is 12.2 Å². The summed E-state index contributed by atoms with van der Waals surface area (Å²) in [7, 11) is -4.59. The Kier molecular flexibility index (Phi) is 17.3. The van der Waals surface area contributed by atoms with Crippen LogP contribution < -0.4 is 0 Å². The zero-order chi connectivity index (χ0) is 9.41. The average molecular weight is 291 g/mol. The van der Waals surface area contributed by atoms with E-state index in [-0.39, 0.29) is 60.0 Å². The molecule has 0 saturated carbocycles. The van der Waals surface area contributed by atoms with Crippen LogP contribution in [0.15, 0.2) is 24.0 Å². The molecular formula is C6H18MgO9S. The van der Waals surface area contributed by atoms with Gasteiger partial charge in [0.25, 0.3) is 10.1 Å². The molecular weight excluding hydrogens is 272 g/mol. The van der Waals surface area contributed by atoms with Gasteiger partial charge in [-0.2, -0.15) is 8.42 Å². The zero-order valence-electron chi connectivity index (χ0n) is 10.7. The van der Waals surface area contributed by atoms with E-state index in [2.05, 4.69) is 0 Å². The van der Waals surface area contributed by atoms with Crippen molar-refractivity contribution in [2.24, 2.45) is 0 Å². The minimum absolute atomic E-state index is 0. The van der Waals surface area contributed by atoms with E-state index < -0.39 is 15.1 Å². The van der Waals surface area contributed by atoms with Crippen molar-refractivity contribution >= 4 is 33.2 Å². The quantitative estimate of drug-likeness (QED) is 0.329. The maximum absolute atomic E-state index is 10.6. The van der Waals surface area contributed by atoms with Crippen molar-refractivity contribution < 1.29 is 47.9 Å². The third kappa shape index (κ3) is 6.92. The van der Waals surface area contributed by atoms with E-state index in [1.54, 1.807) is 0 Å². The van der Waals surface area contributed by atoms with Crippen molar-refractivity contribution in [2.75, 3.05) is 0 Å². The molecule has 0 aromatic rings. The zero-order valence-corrected chi connectivity index (χ0v) is 10.9. The molecule has 104 valence electrons. The van der Waals surface area contributed by atoms with E-state index in [0.29, 0.717) is 6.08 Å². The standard InChI is InChI=1S/C6H8O5S.Mg.4H2O.2H/c7-5-2-1-3-6(8,4-5)12(9,10)11;;;;;;;/h1-2,4,7-8H,3H2,(H,9,10,11);;4*1H2;;/q;+2;;;;;2*-1. The molecule has 0 bridgehead atoms. The fraction of sp³-hybridized carbons (Fsp3) is 0.333. The van der Waals surface area contributed by atoms with Gasteiger partial charge >= 0.3 is 23.1 Å². The van der Waals surface area contributed by atoms with Gasteiger partial charge in [0.15, 0.2) is 0 Å². The van der Waals surface area contributed by atoms with Gasteiger partial charge in [-0.3, -0.25) is 4.55 Å². The van der Waals surface area contributed by atoms with Gasteiger partial charge in [-0.1, -0.05) is 6.08 Å². The second-order valence-electron chi connectivity index (χ2n) is 2.50. The number of rotatable bonds is 1. The minimum atomic E-state index is -4.59. The van der Waals surface area contributed by atoms with Crippen molar-refractivity contribution in [3.8, 4) is 0 Å². The SMILES string of the molecule is O.O.O.O.O=S(=O)(O)C1(O)C=C(O)C=CC1.[H-].[H-].[Mg+2]. The van der Waals surface area contributed by atoms with Crippen molar-refractivity contribution in [1.29, 1.82) is 0 Å². The second kappa shape index (κ2) is 9.75. The Balaban J connectivity index is -0.0000000411. The fourth-order valence-corrected chi connectivity index (χ4v) is 1.44. The van der Waals surface area contributed by atoms with Crippen LogP contribution in [0.5, 0.6) is 0 Å². The van der Waals surface area contributed by atoms with Gasteiger partial charge in [-0.05, 0) is 6.08 Å². The number of allylic oxidation sites excluding steroid dienone is 1. The molecule has 1 aliphatic rings. The van der Waals surface area contributed by atoms with Gasteiger partial charge in [0, 0.05) is 12.5 Å². The summed E-state index contributed by atoms with van der Waals surface area (Å²) in [6.07, 6.45) is 2.90. The van der Waals surface area contributed by atoms with Crippen LogP contribution in [0.2, 0.25) is 0 Å². The first-order valence-corrected chi connectivity index (χ1v) is 4.57. The smallest absolute Gasteiger partial charge is 1.00 e. The van der Waals surface area contributed by atoms with E-state index in [4.69, 9.17) is 9.66 Å². The molecule has 17 heavy (non-hydrogen) atoms. The van der Waals surface area contributed by atoms with Gasteiger partial charge in [-0.15, -0.1) is 0 Å². The van der Waals surface area contributed by atoms with Crippen molar-refractivity contribution in [2.45, 2.75) is 11.4 Å². The van der Waals surface area contributed by atoms with Crippen LogP contribution in [-0.2, 0) is 10.1 Å². The summed E-state index contributed by atoms with van der Waals surface area (Å²) in [5.74, 6) is -0.388. The maximum Gasteiger partial charge on any atom is 2.00 e. The molecule has 0 amide bonds. The van der Waals surface area contributed by atoms with Gasteiger partial charge in [0.1, 0.15) is 5.76 Å². The van der Waals surface area contributed by atoms with E-state index in [1.807, 2.05) is 0 Å². The van der Waals surface area contributed by atoms with Gasteiger partial charge < -0.3 is 35.0 Å². The topological polar surface area (TPSA) is 221 Å². The summed E-state index contributed by atoms with van der Waals surface area (Å²) in [6.45, 7) is 0. The Bertz CT molecular complexity index is 358. The summed E-state index contributed by atoms with van der Waals surface area (Å²) in [5.41, 5.74) is 0. The minimum Gasteiger partial charge on any atom is -1.00 e. The Hall–Kier alpha value is -0.244. The van der Waals surface area contributed by atoms with Gasteiger partial charge in [0.05, 0.1) is 0 Å². The summed E-state index contributed by atoms with van der Waals surface area (Å²) in [6, 6.07) is 0. The normalized spacial score (nSPS) is 21.2. The molecule has 0 aromatic heterocycles. The van der Waals surface area contributed by atoms with Crippen molar-refractivity contribution in [3.63, 3.8) is 0 Å². The molecule has 0 radical (unpaired) electrons. The Labute approximate surface area is 117 Å². The molecule has 9 nitrogen and oxygen atoms in total. The van der Waals surface area contributed by atoms with E-state index in [9.17, 15) is 13.5 Å². The fourth-order valence-electron chi connectivity index (χ4n) is 0.866. The summed E-state index contributed by atoms with van der Waals surface area (Å²) in [4.78, 5) is -2.38. The molecule has 0 aliphatic heterocycles. The Morgan fingerprint density at radius 2 is 1.65 bits per heavy atom. The predicted molar refractivity (Wildman–Crippen MR) is 63.4 cm³/mol. The largest absolute Gasteiger partial charge is 2.00 e. The molecule has 1 rings (SSSR count). The Morgan fingerprint density at radius 3 is 1.88 bits per heavy atom. The molecule has 0 spiro atoms. The van der Waals surface area contributed by atoms with Crippen molar-refractivity contribution in [3.05, 3.63) is 24.0 Å². The summed E-state index contributed by atoms with van der Waals surface area (Å²) in [5, 5.41) is 18.1. The molecule has 11 heteroatoms. The number of hydrogen-bond donors (Lipinski definition) is 3. The monoisotopic (exact) mass is 290 g/mol.